The molecule has 0 saturated carbocycles. The maximum atomic E-state index is 12.8. The average Bonchev–Trinajstić information content (AvgIpc) is 3.34. The second-order valence-electron chi connectivity index (χ2n) is 9.53. The van der Waals surface area contributed by atoms with Crippen molar-refractivity contribution in [2.75, 3.05) is 85.1 Å². The molecule has 0 aromatic heterocycles. The molecular formula is C25H42N4O5S. The van der Waals surface area contributed by atoms with Gasteiger partial charge in [-0.25, -0.2) is 8.42 Å². The number of carbonyl (C=O) groups is 1. The Morgan fingerprint density at radius 2 is 1.57 bits per heavy atom. The summed E-state index contributed by atoms with van der Waals surface area (Å²) in [6.45, 7) is 12.3. The minimum Gasteiger partial charge on any atom is -0.497 e. The summed E-state index contributed by atoms with van der Waals surface area (Å²) in [4.78, 5) is 19.6. The molecule has 1 amide bonds. The smallest absolute Gasteiger partial charge is 0.248 e. The van der Waals surface area contributed by atoms with E-state index in [2.05, 4.69) is 15.1 Å². The largest absolute Gasteiger partial charge is 0.497 e. The van der Waals surface area contributed by atoms with Gasteiger partial charge in [0.2, 0.25) is 5.91 Å². The summed E-state index contributed by atoms with van der Waals surface area (Å²) in [5.41, 5.74) is 1.33. The number of rotatable bonds is 13. The van der Waals surface area contributed by atoms with E-state index in [0.717, 1.165) is 32.7 Å². The summed E-state index contributed by atoms with van der Waals surface area (Å²) in [6, 6.07) is 3.45. The minimum absolute atomic E-state index is 0.00109. The second kappa shape index (κ2) is 13.5. The molecule has 0 spiro atoms. The molecule has 2 saturated heterocycles. The molecule has 0 bridgehead atoms. The highest BCUT2D eigenvalue weighted by Gasteiger charge is 2.22. The molecule has 10 heteroatoms. The second-order valence-corrected chi connectivity index (χ2v) is 11.5. The lowest BCUT2D eigenvalue weighted by molar-refractivity contribution is -0.137. The van der Waals surface area contributed by atoms with Crippen molar-refractivity contribution in [1.82, 2.24) is 20.0 Å². The first-order chi connectivity index (χ1) is 16.8. The van der Waals surface area contributed by atoms with Crippen molar-refractivity contribution >= 4 is 15.7 Å². The van der Waals surface area contributed by atoms with Gasteiger partial charge in [-0.05, 0) is 82.5 Å². The molecule has 1 aromatic rings. The summed E-state index contributed by atoms with van der Waals surface area (Å²) in [6.07, 6.45) is 3.86. The summed E-state index contributed by atoms with van der Waals surface area (Å²) >= 11 is 0. The van der Waals surface area contributed by atoms with E-state index >= 15 is 0 Å². The number of aryl methyl sites for hydroxylation is 2. The molecule has 2 aliphatic heterocycles. The first-order valence-electron chi connectivity index (χ1n) is 12.7. The lowest BCUT2D eigenvalue weighted by Gasteiger charge is -2.35. The zero-order chi connectivity index (χ0) is 25.3. The Bertz CT molecular complexity index is 903. The molecule has 1 aromatic carbocycles. The number of ether oxygens (including phenoxy) is 2. The van der Waals surface area contributed by atoms with Crippen LogP contribution >= 0.6 is 0 Å². The summed E-state index contributed by atoms with van der Waals surface area (Å²) in [5.74, 6) is 0.459. The zero-order valence-electron chi connectivity index (χ0n) is 21.6. The van der Waals surface area contributed by atoms with Crippen molar-refractivity contribution in [2.24, 2.45) is 0 Å². The van der Waals surface area contributed by atoms with E-state index in [0.29, 0.717) is 28.3 Å². The highest BCUT2D eigenvalue weighted by atomic mass is 32.2. The molecule has 2 heterocycles. The fourth-order valence-electron chi connectivity index (χ4n) is 4.94. The molecule has 1 N–H and O–H groups in total. The third-order valence-electron chi connectivity index (χ3n) is 6.79. The third kappa shape index (κ3) is 8.42. The van der Waals surface area contributed by atoms with Crippen molar-refractivity contribution in [3.8, 4) is 5.75 Å². The number of hydrogen-bond acceptors (Lipinski definition) is 8. The van der Waals surface area contributed by atoms with Gasteiger partial charge < -0.3 is 24.6 Å². The predicted octanol–water partition coefficient (Wildman–Crippen LogP) is 1.28. The Morgan fingerprint density at radius 3 is 2.17 bits per heavy atom. The molecule has 3 rings (SSSR count). The van der Waals surface area contributed by atoms with Crippen molar-refractivity contribution in [2.45, 2.75) is 38.0 Å². The van der Waals surface area contributed by atoms with E-state index in [1.165, 1.54) is 38.9 Å². The maximum Gasteiger partial charge on any atom is 0.248 e. The maximum absolute atomic E-state index is 12.8. The van der Waals surface area contributed by atoms with Gasteiger partial charge in [-0.2, -0.15) is 0 Å². The Balaban J connectivity index is 1.27. The van der Waals surface area contributed by atoms with Crippen LogP contribution in [0.1, 0.15) is 30.4 Å². The number of nitrogens with zero attached hydrogens (tertiary/aromatic N) is 3. The fraction of sp³-hybridized carbons (Fsp3) is 0.720. The topological polar surface area (TPSA) is 91.4 Å². The Morgan fingerprint density at radius 1 is 0.971 bits per heavy atom. The van der Waals surface area contributed by atoms with Crippen LogP contribution in [-0.4, -0.2) is 114 Å². The number of sulfone groups is 1. The number of benzene rings is 1. The fourth-order valence-corrected chi connectivity index (χ4v) is 6.59. The Labute approximate surface area is 210 Å². The number of amides is 1. The number of likely N-dealkylation sites (tertiary alicyclic amines) is 1. The molecule has 0 atom stereocenters. The highest BCUT2D eigenvalue weighted by Crippen LogP contribution is 2.26. The highest BCUT2D eigenvalue weighted by molar-refractivity contribution is 7.91. The molecule has 0 aliphatic carbocycles. The Hall–Kier alpha value is -1.72. The van der Waals surface area contributed by atoms with E-state index in [1.54, 1.807) is 33.1 Å². The van der Waals surface area contributed by atoms with Gasteiger partial charge >= 0.3 is 0 Å². The van der Waals surface area contributed by atoms with Crippen molar-refractivity contribution in [3.63, 3.8) is 0 Å². The van der Waals surface area contributed by atoms with Gasteiger partial charge in [0.25, 0.3) is 0 Å². The minimum atomic E-state index is -3.49. The predicted molar refractivity (Wildman–Crippen MR) is 137 cm³/mol. The number of piperazine rings is 1. The first-order valence-corrected chi connectivity index (χ1v) is 14.3. The van der Waals surface area contributed by atoms with Crippen LogP contribution in [0.25, 0.3) is 0 Å². The number of hydrogen-bond donors (Lipinski definition) is 1. The molecule has 0 unspecified atom stereocenters. The Kier molecular flexibility index (Phi) is 10.8. The van der Waals surface area contributed by atoms with Crippen LogP contribution in [0.4, 0.5) is 0 Å². The van der Waals surface area contributed by atoms with E-state index < -0.39 is 9.84 Å². The van der Waals surface area contributed by atoms with Crippen LogP contribution in [0.15, 0.2) is 17.0 Å². The zero-order valence-corrected chi connectivity index (χ0v) is 22.4. The van der Waals surface area contributed by atoms with Crippen LogP contribution in [0.3, 0.4) is 0 Å². The molecular weight excluding hydrogens is 468 g/mol. The summed E-state index contributed by atoms with van der Waals surface area (Å²) < 4.78 is 36.3. The molecule has 9 nitrogen and oxygen atoms in total. The van der Waals surface area contributed by atoms with Crippen LogP contribution in [0.5, 0.6) is 5.75 Å². The van der Waals surface area contributed by atoms with Gasteiger partial charge in [-0.15, -0.1) is 0 Å². The summed E-state index contributed by atoms with van der Waals surface area (Å²) in [5, 5.41) is 2.93. The molecule has 198 valence electrons. The first kappa shape index (κ1) is 27.9. The van der Waals surface area contributed by atoms with Crippen LogP contribution in [0, 0.1) is 13.8 Å². The van der Waals surface area contributed by atoms with Crippen molar-refractivity contribution in [1.29, 1.82) is 0 Å². The van der Waals surface area contributed by atoms with Gasteiger partial charge in [0, 0.05) is 32.7 Å². The van der Waals surface area contributed by atoms with Gasteiger partial charge in [-0.3, -0.25) is 9.69 Å². The standard InChI is InChI=1S/C25H42N4O5S/c1-21-17-23(33-3)18-22(2)25(21)35(31,32)20-26-7-16-34-19-24(30)29-14-12-28(13-15-29)11-6-10-27-8-4-5-9-27/h17-18,26H,4-16,19-20H2,1-3H3. The van der Waals surface area contributed by atoms with Crippen LogP contribution in [-0.2, 0) is 19.4 Å². The van der Waals surface area contributed by atoms with Gasteiger partial charge in [0.1, 0.15) is 18.2 Å². The molecule has 2 aliphatic rings. The third-order valence-corrected chi connectivity index (χ3v) is 8.64. The van der Waals surface area contributed by atoms with Gasteiger partial charge in [0.05, 0.1) is 18.6 Å². The van der Waals surface area contributed by atoms with Crippen molar-refractivity contribution < 1.29 is 22.7 Å². The monoisotopic (exact) mass is 510 g/mol. The molecule has 2 fully saturated rings. The van der Waals surface area contributed by atoms with Gasteiger partial charge in [-0.1, -0.05) is 0 Å². The number of methoxy groups -OCH3 is 1. The lowest BCUT2D eigenvalue weighted by Crippen LogP contribution is -2.50. The van der Waals surface area contributed by atoms with E-state index in [9.17, 15) is 13.2 Å². The van der Waals surface area contributed by atoms with Crippen LogP contribution in [0.2, 0.25) is 0 Å². The van der Waals surface area contributed by atoms with E-state index in [-0.39, 0.29) is 25.0 Å². The van der Waals surface area contributed by atoms with Crippen LogP contribution < -0.4 is 10.1 Å². The SMILES string of the molecule is COc1cc(C)c(S(=O)(=O)CNCCOCC(=O)N2CCN(CCCN3CCCC3)CC2)c(C)c1. The van der Waals surface area contributed by atoms with E-state index in [1.807, 2.05) is 4.90 Å². The average molecular weight is 511 g/mol. The molecule has 35 heavy (non-hydrogen) atoms. The van der Waals surface area contributed by atoms with E-state index in [4.69, 9.17) is 9.47 Å². The summed E-state index contributed by atoms with van der Waals surface area (Å²) in [7, 11) is -1.93. The number of nitrogens with one attached hydrogen (secondary N) is 1. The molecule has 0 radical (unpaired) electrons. The van der Waals surface area contributed by atoms with Crippen molar-refractivity contribution in [3.05, 3.63) is 23.3 Å². The van der Waals surface area contributed by atoms with Gasteiger partial charge in [0.15, 0.2) is 9.84 Å². The lowest BCUT2D eigenvalue weighted by atomic mass is 10.1. The quantitative estimate of drug-likeness (QED) is 0.397. The normalized spacial score (nSPS) is 17.7. The number of carbonyl (C=O) groups excluding carboxylic acids is 1.